The Hall–Kier alpha value is 1.80. The van der Waals surface area contributed by atoms with Crippen molar-refractivity contribution in [1.29, 1.82) is 0 Å². The monoisotopic (exact) mass is 214 g/mol. The standard InChI is InChI=1S/C3H7ClO4S.K.H/c4-1-3(5)2-9(6,7)8;;/h3,5H,1-2H2,(H,6,7,8);;/q;+1;-1. The molecule has 0 heterocycles. The summed E-state index contributed by atoms with van der Waals surface area (Å²) >= 11 is 5.03. The van der Waals surface area contributed by atoms with Gasteiger partial charge in [0.2, 0.25) is 0 Å². The van der Waals surface area contributed by atoms with Crippen LogP contribution in [0.5, 0.6) is 0 Å². The summed E-state index contributed by atoms with van der Waals surface area (Å²) in [6.07, 6.45) is -1.18. The average molecular weight is 215 g/mol. The minimum absolute atomic E-state index is 0. The molecule has 0 saturated heterocycles. The van der Waals surface area contributed by atoms with E-state index in [2.05, 4.69) is 0 Å². The molecule has 0 aliphatic rings. The smallest absolute Gasteiger partial charge is 1.00 e. The van der Waals surface area contributed by atoms with Gasteiger partial charge in [0, 0.05) is 5.88 Å². The molecule has 0 aliphatic carbocycles. The van der Waals surface area contributed by atoms with Crippen molar-refractivity contribution >= 4 is 21.7 Å². The van der Waals surface area contributed by atoms with E-state index < -0.39 is 22.0 Å². The Kier molecular flexibility index (Phi) is 9.07. The molecule has 0 radical (unpaired) electrons. The number of rotatable bonds is 3. The molecule has 0 rings (SSSR count). The van der Waals surface area contributed by atoms with E-state index in [0.717, 1.165) is 0 Å². The van der Waals surface area contributed by atoms with Gasteiger partial charge < -0.3 is 6.53 Å². The molecule has 10 heavy (non-hydrogen) atoms. The maximum atomic E-state index is 9.94. The predicted molar refractivity (Wildman–Crippen MR) is 34.3 cm³/mol. The number of alkyl halides is 1. The molecular formula is C3H8ClKO4S. The second-order valence-corrected chi connectivity index (χ2v) is 3.36. The summed E-state index contributed by atoms with van der Waals surface area (Å²) in [6.45, 7) is 0. The second kappa shape index (κ2) is 6.33. The number of hydrogen-bond acceptors (Lipinski definition) is 3. The summed E-state index contributed by atoms with van der Waals surface area (Å²) in [5.74, 6) is -0.893. The van der Waals surface area contributed by atoms with E-state index in [1.54, 1.807) is 0 Å². The Labute approximate surface area is 109 Å². The van der Waals surface area contributed by atoms with Crippen LogP contribution >= 0.6 is 11.6 Å². The minimum atomic E-state index is -4.07. The van der Waals surface area contributed by atoms with Crippen molar-refractivity contribution in [2.45, 2.75) is 6.10 Å². The Balaban J connectivity index is -0.000000320. The first kappa shape index (κ1) is 14.3. The molecule has 0 amide bonds. The summed E-state index contributed by atoms with van der Waals surface area (Å²) < 4.78 is 27.9. The zero-order chi connectivity index (χ0) is 7.49. The van der Waals surface area contributed by atoms with Gasteiger partial charge in [-0.1, -0.05) is 0 Å². The van der Waals surface area contributed by atoms with Crippen LogP contribution in [0.2, 0.25) is 0 Å². The van der Waals surface area contributed by atoms with E-state index >= 15 is 0 Å². The van der Waals surface area contributed by atoms with Crippen LogP contribution in [-0.2, 0) is 10.1 Å². The molecule has 0 saturated carbocycles. The van der Waals surface area contributed by atoms with Crippen LogP contribution in [0.1, 0.15) is 1.43 Å². The Morgan fingerprint density at radius 1 is 1.60 bits per heavy atom. The molecule has 58 valence electrons. The zero-order valence-electron chi connectivity index (χ0n) is 6.49. The van der Waals surface area contributed by atoms with Gasteiger partial charge in [0.05, 0.1) is 6.10 Å². The van der Waals surface area contributed by atoms with Crippen LogP contribution in [-0.4, -0.2) is 35.8 Å². The average Bonchev–Trinajstić information content (AvgIpc) is 1.62. The number of aliphatic hydroxyl groups excluding tert-OH is 1. The number of aliphatic hydroxyl groups is 1. The Morgan fingerprint density at radius 3 is 2.10 bits per heavy atom. The molecular weight excluding hydrogens is 207 g/mol. The molecule has 0 aromatic heterocycles. The van der Waals surface area contributed by atoms with E-state index in [1.165, 1.54) is 0 Å². The fourth-order valence-electron chi connectivity index (χ4n) is 0.288. The molecule has 0 spiro atoms. The summed E-state index contributed by atoms with van der Waals surface area (Å²) in [5.41, 5.74) is 0. The first-order valence-corrected chi connectivity index (χ1v) is 4.29. The Bertz CT molecular complexity index is 172. The fraction of sp³-hybridized carbons (Fsp3) is 1.00. The quantitative estimate of drug-likeness (QED) is 0.292. The van der Waals surface area contributed by atoms with Crippen LogP contribution in [0, 0.1) is 0 Å². The van der Waals surface area contributed by atoms with Crippen molar-refractivity contribution in [3.05, 3.63) is 0 Å². The van der Waals surface area contributed by atoms with Crippen molar-refractivity contribution in [2.24, 2.45) is 0 Å². The maximum absolute atomic E-state index is 9.94. The molecule has 1 unspecified atom stereocenters. The fourth-order valence-corrected chi connectivity index (χ4v) is 1.13. The van der Waals surface area contributed by atoms with Crippen molar-refractivity contribution in [3.63, 3.8) is 0 Å². The van der Waals surface area contributed by atoms with Gasteiger partial charge in [0.25, 0.3) is 10.1 Å². The van der Waals surface area contributed by atoms with Gasteiger partial charge in [0.15, 0.2) is 0 Å². The van der Waals surface area contributed by atoms with Crippen LogP contribution in [0.4, 0.5) is 0 Å². The molecule has 7 heteroatoms. The molecule has 0 bridgehead atoms. The van der Waals surface area contributed by atoms with E-state index in [1.807, 2.05) is 0 Å². The predicted octanol–water partition coefficient (Wildman–Crippen LogP) is -3.41. The summed E-state index contributed by atoms with van der Waals surface area (Å²) in [4.78, 5) is 0. The van der Waals surface area contributed by atoms with Gasteiger partial charge in [-0.3, -0.25) is 4.55 Å². The van der Waals surface area contributed by atoms with Gasteiger partial charge in [-0.15, -0.1) is 11.6 Å². The first-order valence-electron chi connectivity index (χ1n) is 2.15. The molecule has 2 N–H and O–H groups in total. The number of hydrogen-bond donors (Lipinski definition) is 2. The van der Waals surface area contributed by atoms with E-state index in [0.29, 0.717) is 0 Å². The zero-order valence-corrected chi connectivity index (χ0v) is 10.2. The second-order valence-electron chi connectivity index (χ2n) is 1.56. The van der Waals surface area contributed by atoms with Crippen molar-refractivity contribution in [3.8, 4) is 0 Å². The van der Waals surface area contributed by atoms with E-state index in [4.69, 9.17) is 21.3 Å². The molecule has 0 aromatic carbocycles. The SMILES string of the molecule is O=S(=O)(O)CC(O)CCl.[H-].[K+]. The van der Waals surface area contributed by atoms with Gasteiger partial charge in [0.1, 0.15) is 5.75 Å². The summed E-state index contributed by atoms with van der Waals surface area (Å²) in [5, 5.41) is 8.52. The largest absolute Gasteiger partial charge is 1.00 e. The third-order valence-electron chi connectivity index (χ3n) is 0.581. The maximum Gasteiger partial charge on any atom is 1.00 e. The van der Waals surface area contributed by atoms with Gasteiger partial charge in [-0.25, -0.2) is 0 Å². The molecule has 0 aliphatic heterocycles. The minimum Gasteiger partial charge on any atom is -1.00 e. The van der Waals surface area contributed by atoms with Crippen LogP contribution in [0.3, 0.4) is 0 Å². The normalized spacial score (nSPS) is 13.9. The summed E-state index contributed by atoms with van der Waals surface area (Å²) in [6, 6.07) is 0. The van der Waals surface area contributed by atoms with Crippen LogP contribution in [0.15, 0.2) is 0 Å². The van der Waals surface area contributed by atoms with E-state index in [9.17, 15) is 8.42 Å². The van der Waals surface area contributed by atoms with E-state index in [-0.39, 0.29) is 58.7 Å². The molecule has 0 aromatic rings. The first-order chi connectivity index (χ1) is 3.95. The summed E-state index contributed by atoms with van der Waals surface area (Å²) in [7, 11) is -4.07. The molecule has 1 atom stereocenters. The third-order valence-corrected chi connectivity index (χ3v) is 1.74. The van der Waals surface area contributed by atoms with Crippen molar-refractivity contribution in [1.82, 2.24) is 0 Å². The van der Waals surface area contributed by atoms with Crippen molar-refractivity contribution in [2.75, 3.05) is 11.6 Å². The van der Waals surface area contributed by atoms with Crippen LogP contribution in [0.25, 0.3) is 0 Å². The van der Waals surface area contributed by atoms with Gasteiger partial charge in [-0.05, 0) is 0 Å². The number of halogens is 1. The van der Waals surface area contributed by atoms with Crippen molar-refractivity contribution < 1.29 is 70.9 Å². The molecule has 4 nitrogen and oxygen atoms in total. The molecule has 0 fully saturated rings. The Morgan fingerprint density at radius 2 is 2.00 bits per heavy atom. The van der Waals surface area contributed by atoms with Gasteiger partial charge >= 0.3 is 51.4 Å². The third kappa shape index (κ3) is 9.80. The van der Waals surface area contributed by atoms with Gasteiger partial charge in [-0.2, -0.15) is 8.42 Å². The topological polar surface area (TPSA) is 74.6 Å². The van der Waals surface area contributed by atoms with Crippen LogP contribution < -0.4 is 51.4 Å².